The number of aliphatic hydroxyl groups excluding tert-OH is 11. The lowest BCUT2D eigenvalue weighted by Gasteiger charge is -2.48. The summed E-state index contributed by atoms with van der Waals surface area (Å²) in [6.07, 6.45) is 10.5. The van der Waals surface area contributed by atoms with E-state index >= 15 is 0 Å². The van der Waals surface area contributed by atoms with E-state index in [-0.39, 0.29) is 18.9 Å². The quantitative estimate of drug-likeness (QED) is 0.0313. The standard InChI is InChI=1S/C53H95NO18/c1-3-5-7-9-11-12-13-14-15-16-17-18-19-20-21-22-23-24-25-27-29-31-41(59)54-36(37(58)30-28-26-10-8-6-4-2)35-67-51-47(65)44(62)49(39(33-56)69-51)72-53-48(66)45(63)50(40(34-57)70-53)71-52-46(64)43(61)42(60)38(32-55)68-52/h13-14,16-17,28,30,36-40,42-53,55-58,60-66H,3-12,15,18-27,29,31-35H2,1-2H3,(H,54,59)/b14-13-,17-16-,30-28+. The molecule has 17 atom stereocenters. The predicted octanol–water partition coefficient (Wildman–Crippen LogP) is 2.98. The Kier molecular flexibility index (Phi) is 33.7. The van der Waals surface area contributed by atoms with Gasteiger partial charge in [0.05, 0.1) is 38.6 Å². The normalized spacial score (nSPS) is 32.3. The van der Waals surface area contributed by atoms with E-state index in [4.69, 9.17) is 28.4 Å². The largest absolute Gasteiger partial charge is 0.394 e. The third-order valence-electron chi connectivity index (χ3n) is 13.7. The number of hydrogen-bond donors (Lipinski definition) is 12. The highest BCUT2D eigenvalue weighted by Gasteiger charge is 2.53. The van der Waals surface area contributed by atoms with E-state index < -0.39 is 124 Å². The lowest BCUT2D eigenvalue weighted by Crippen LogP contribution is -2.66. The summed E-state index contributed by atoms with van der Waals surface area (Å²) in [6, 6.07) is -0.970. The zero-order valence-corrected chi connectivity index (χ0v) is 43.1. The number of carbonyl (C=O) groups excluding carboxylic acids is 1. The topological polar surface area (TPSA) is 307 Å². The number of allylic oxidation sites excluding steroid dienone is 5. The smallest absolute Gasteiger partial charge is 0.220 e. The van der Waals surface area contributed by atoms with Crippen LogP contribution in [0, 0.1) is 0 Å². The highest BCUT2D eigenvalue weighted by Crippen LogP contribution is 2.33. The number of amides is 1. The molecular formula is C53H95NO18. The number of hydrogen-bond acceptors (Lipinski definition) is 18. The van der Waals surface area contributed by atoms with Gasteiger partial charge in [-0.05, 0) is 51.4 Å². The maximum absolute atomic E-state index is 13.2. The van der Waals surface area contributed by atoms with Crippen molar-refractivity contribution in [1.29, 1.82) is 0 Å². The van der Waals surface area contributed by atoms with Crippen molar-refractivity contribution in [3.8, 4) is 0 Å². The summed E-state index contributed by atoms with van der Waals surface area (Å²) in [5, 5.41) is 119. The van der Waals surface area contributed by atoms with Crippen LogP contribution in [0.3, 0.4) is 0 Å². The highest BCUT2D eigenvalue weighted by molar-refractivity contribution is 5.76. The minimum Gasteiger partial charge on any atom is -0.394 e. The van der Waals surface area contributed by atoms with Crippen molar-refractivity contribution in [2.75, 3.05) is 26.4 Å². The number of aliphatic hydroxyl groups is 11. The summed E-state index contributed by atoms with van der Waals surface area (Å²) >= 11 is 0. The molecule has 0 aliphatic carbocycles. The van der Waals surface area contributed by atoms with Crippen LogP contribution in [0.25, 0.3) is 0 Å². The summed E-state index contributed by atoms with van der Waals surface area (Å²) in [5.74, 6) is -0.288. The van der Waals surface area contributed by atoms with Crippen LogP contribution in [-0.2, 0) is 33.2 Å². The van der Waals surface area contributed by atoms with Crippen LogP contribution < -0.4 is 5.32 Å². The first kappa shape index (κ1) is 64.3. The molecule has 3 heterocycles. The molecule has 420 valence electrons. The van der Waals surface area contributed by atoms with Gasteiger partial charge in [0, 0.05) is 6.42 Å². The predicted molar refractivity (Wildman–Crippen MR) is 268 cm³/mol. The summed E-state index contributed by atoms with van der Waals surface area (Å²) in [6.45, 7) is 1.58. The molecule has 17 unspecified atom stereocenters. The maximum atomic E-state index is 13.2. The Morgan fingerprint density at radius 3 is 1.43 bits per heavy atom. The molecule has 19 heteroatoms. The zero-order valence-electron chi connectivity index (χ0n) is 43.1. The van der Waals surface area contributed by atoms with Gasteiger partial charge in [0.1, 0.15) is 73.2 Å². The Bertz CT molecular complexity index is 1470. The van der Waals surface area contributed by atoms with E-state index in [1.54, 1.807) is 6.08 Å². The molecular weight excluding hydrogens is 939 g/mol. The van der Waals surface area contributed by atoms with Gasteiger partial charge in [0.2, 0.25) is 5.91 Å². The molecule has 0 bridgehead atoms. The van der Waals surface area contributed by atoms with Crippen molar-refractivity contribution in [3.05, 3.63) is 36.5 Å². The lowest BCUT2D eigenvalue weighted by molar-refractivity contribution is -0.379. The van der Waals surface area contributed by atoms with Crippen molar-refractivity contribution in [1.82, 2.24) is 5.32 Å². The van der Waals surface area contributed by atoms with E-state index in [1.165, 1.54) is 64.2 Å². The van der Waals surface area contributed by atoms with Crippen molar-refractivity contribution in [2.24, 2.45) is 0 Å². The van der Waals surface area contributed by atoms with E-state index in [0.29, 0.717) is 6.42 Å². The number of ether oxygens (including phenoxy) is 6. The van der Waals surface area contributed by atoms with E-state index in [2.05, 4.69) is 43.5 Å². The third-order valence-corrected chi connectivity index (χ3v) is 13.7. The lowest BCUT2D eigenvalue weighted by atomic mass is 9.96. The Morgan fingerprint density at radius 2 is 0.917 bits per heavy atom. The van der Waals surface area contributed by atoms with Crippen LogP contribution in [0.1, 0.15) is 162 Å². The van der Waals surface area contributed by atoms with Crippen LogP contribution in [0.2, 0.25) is 0 Å². The first-order chi connectivity index (χ1) is 34.8. The fraction of sp³-hybridized carbons (Fsp3) is 0.868. The van der Waals surface area contributed by atoms with Crippen LogP contribution in [-0.4, -0.2) is 193 Å². The first-order valence-electron chi connectivity index (χ1n) is 27.2. The Morgan fingerprint density at radius 1 is 0.500 bits per heavy atom. The van der Waals surface area contributed by atoms with Crippen LogP contribution >= 0.6 is 0 Å². The Labute approximate surface area is 428 Å². The van der Waals surface area contributed by atoms with Gasteiger partial charge in [-0.1, -0.05) is 140 Å². The average Bonchev–Trinajstić information content (AvgIpc) is 3.38. The molecule has 3 saturated heterocycles. The SMILES string of the molecule is CCCCCC/C=C/C(O)C(COC1OC(CO)C(OC2OC(CO)C(OC3OC(CO)C(O)C(O)C3O)C(O)C2O)C(O)C1O)NC(=O)CCCCCCCCCCC/C=C\C/C=C\CCCCCCC. The molecule has 3 aliphatic heterocycles. The summed E-state index contributed by atoms with van der Waals surface area (Å²) in [5.41, 5.74) is 0. The molecule has 0 aromatic rings. The number of unbranched alkanes of at least 4 members (excludes halogenated alkanes) is 18. The van der Waals surface area contributed by atoms with Crippen LogP contribution in [0.15, 0.2) is 36.5 Å². The second kappa shape index (κ2) is 37.7. The molecule has 3 aliphatic rings. The second-order valence-electron chi connectivity index (χ2n) is 19.7. The van der Waals surface area contributed by atoms with Crippen LogP contribution in [0.5, 0.6) is 0 Å². The van der Waals surface area contributed by atoms with Gasteiger partial charge < -0.3 is 89.9 Å². The van der Waals surface area contributed by atoms with Gasteiger partial charge in [-0.25, -0.2) is 0 Å². The molecule has 72 heavy (non-hydrogen) atoms. The van der Waals surface area contributed by atoms with Gasteiger partial charge in [-0.15, -0.1) is 0 Å². The molecule has 19 nitrogen and oxygen atoms in total. The third kappa shape index (κ3) is 22.7. The molecule has 3 fully saturated rings. The molecule has 0 spiro atoms. The van der Waals surface area contributed by atoms with Gasteiger partial charge in [-0.2, -0.15) is 0 Å². The highest BCUT2D eigenvalue weighted by atomic mass is 16.8. The maximum Gasteiger partial charge on any atom is 0.220 e. The van der Waals surface area contributed by atoms with Crippen molar-refractivity contribution in [3.63, 3.8) is 0 Å². The Balaban J connectivity index is 1.45. The summed E-state index contributed by atoms with van der Waals surface area (Å²) in [4.78, 5) is 13.2. The number of rotatable bonds is 38. The van der Waals surface area contributed by atoms with Crippen LogP contribution in [0.4, 0.5) is 0 Å². The molecule has 0 aromatic heterocycles. The zero-order chi connectivity index (χ0) is 52.7. The minimum absolute atomic E-state index is 0.237. The van der Waals surface area contributed by atoms with E-state index in [9.17, 15) is 61.0 Å². The molecule has 1 amide bonds. The minimum atomic E-state index is -1.98. The van der Waals surface area contributed by atoms with Crippen molar-refractivity contribution in [2.45, 2.75) is 266 Å². The van der Waals surface area contributed by atoms with Crippen molar-refractivity contribution < 1.29 is 89.4 Å². The molecule has 0 aromatic carbocycles. The number of nitrogens with one attached hydrogen (secondary N) is 1. The molecule has 12 N–H and O–H groups in total. The molecule has 0 saturated carbocycles. The Hall–Kier alpha value is -1.99. The second-order valence-corrected chi connectivity index (χ2v) is 19.7. The summed E-state index contributed by atoms with van der Waals surface area (Å²) < 4.78 is 34.0. The fourth-order valence-electron chi connectivity index (χ4n) is 9.10. The van der Waals surface area contributed by atoms with Crippen molar-refractivity contribution >= 4 is 5.91 Å². The molecule has 0 radical (unpaired) electrons. The summed E-state index contributed by atoms with van der Waals surface area (Å²) in [7, 11) is 0. The fourth-order valence-corrected chi connectivity index (χ4v) is 9.10. The van der Waals surface area contributed by atoms with Gasteiger partial charge >= 0.3 is 0 Å². The average molecular weight is 1030 g/mol. The van der Waals surface area contributed by atoms with E-state index in [0.717, 1.165) is 70.6 Å². The van der Waals surface area contributed by atoms with Gasteiger partial charge in [0.25, 0.3) is 0 Å². The molecule has 3 rings (SSSR count). The van der Waals surface area contributed by atoms with Gasteiger partial charge in [-0.3, -0.25) is 4.79 Å². The van der Waals surface area contributed by atoms with Gasteiger partial charge in [0.15, 0.2) is 18.9 Å². The first-order valence-corrected chi connectivity index (χ1v) is 27.2. The van der Waals surface area contributed by atoms with E-state index in [1.807, 2.05) is 6.08 Å². The number of carbonyl (C=O) groups is 1. The monoisotopic (exact) mass is 1030 g/mol.